The quantitative estimate of drug-likeness (QED) is 0.832. The third kappa shape index (κ3) is 5.91. The van der Waals surface area contributed by atoms with E-state index in [9.17, 15) is 9.59 Å². The number of benzene rings is 1. The number of halogens is 2. The Labute approximate surface area is 134 Å². The molecule has 1 aromatic rings. The zero-order chi connectivity index (χ0) is 15.8. The van der Waals surface area contributed by atoms with Gasteiger partial charge in [0.05, 0.1) is 16.7 Å². The molecule has 0 aliphatic heterocycles. The SMILES string of the molecule is COCCN(CCNC(=O)c1ccc(Cl)c(Cl)c1)C(C)=O. The third-order valence-corrected chi connectivity index (χ3v) is 3.60. The summed E-state index contributed by atoms with van der Waals surface area (Å²) in [6, 6.07) is 4.67. The zero-order valence-electron chi connectivity index (χ0n) is 12.0. The van der Waals surface area contributed by atoms with E-state index in [0.717, 1.165) is 0 Å². The van der Waals surface area contributed by atoms with Crippen molar-refractivity contribution in [2.24, 2.45) is 0 Å². The number of hydrogen-bond acceptors (Lipinski definition) is 3. The number of hydrogen-bond donors (Lipinski definition) is 1. The molecule has 116 valence electrons. The number of amides is 2. The maximum atomic E-state index is 11.9. The van der Waals surface area contributed by atoms with Crippen LogP contribution in [-0.4, -0.2) is 50.1 Å². The molecule has 0 aliphatic carbocycles. The summed E-state index contributed by atoms with van der Waals surface area (Å²) < 4.78 is 4.94. The number of ether oxygens (including phenoxy) is 1. The first-order valence-electron chi connectivity index (χ1n) is 6.43. The molecule has 2 amide bonds. The standard InChI is InChI=1S/C14H18Cl2N2O3/c1-10(19)18(7-8-21-2)6-5-17-14(20)11-3-4-12(15)13(16)9-11/h3-4,9H,5-8H2,1-2H3,(H,17,20). The van der Waals surface area contributed by atoms with Crippen LogP contribution in [0.1, 0.15) is 17.3 Å². The zero-order valence-corrected chi connectivity index (χ0v) is 13.5. The lowest BCUT2D eigenvalue weighted by Crippen LogP contribution is -2.39. The topological polar surface area (TPSA) is 58.6 Å². The van der Waals surface area contributed by atoms with Gasteiger partial charge in [0.25, 0.3) is 5.91 Å². The number of nitrogens with one attached hydrogen (secondary N) is 1. The number of rotatable bonds is 7. The number of nitrogens with zero attached hydrogens (tertiary/aromatic N) is 1. The molecular formula is C14H18Cl2N2O3. The van der Waals surface area contributed by atoms with E-state index < -0.39 is 0 Å². The average molecular weight is 333 g/mol. The molecule has 7 heteroatoms. The van der Waals surface area contributed by atoms with Crippen LogP contribution in [0.4, 0.5) is 0 Å². The van der Waals surface area contributed by atoms with Crippen LogP contribution >= 0.6 is 23.2 Å². The summed E-state index contributed by atoms with van der Waals surface area (Å²) in [4.78, 5) is 24.9. The van der Waals surface area contributed by atoms with Crippen molar-refractivity contribution in [3.8, 4) is 0 Å². The summed E-state index contributed by atoms with van der Waals surface area (Å²) in [7, 11) is 1.57. The van der Waals surface area contributed by atoms with Gasteiger partial charge in [0.2, 0.25) is 5.91 Å². The molecule has 0 aromatic heterocycles. The van der Waals surface area contributed by atoms with Crippen molar-refractivity contribution in [3.63, 3.8) is 0 Å². The molecular weight excluding hydrogens is 315 g/mol. The van der Waals surface area contributed by atoms with Crippen molar-refractivity contribution in [1.82, 2.24) is 10.2 Å². The second kappa shape index (κ2) is 8.87. The van der Waals surface area contributed by atoms with E-state index in [2.05, 4.69) is 5.32 Å². The van der Waals surface area contributed by atoms with Crippen molar-refractivity contribution in [2.45, 2.75) is 6.92 Å². The molecule has 21 heavy (non-hydrogen) atoms. The normalized spacial score (nSPS) is 10.3. The Morgan fingerprint density at radius 3 is 2.52 bits per heavy atom. The van der Waals surface area contributed by atoms with Gasteiger partial charge in [-0.3, -0.25) is 9.59 Å². The second-order valence-electron chi connectivity index (χ2n) is 4.38. The summed E-state index contributed by atoms with van der Waals surface area (Å²) in [5.74, 6) is -0.320. The lowest BCUT2D eigenvalue weighted by atomic mass is 10.2. The van der Waals surface area contributed by atoms with Crippen LogP contribution in [-0.2, 0) is 9.53 Å². The molecule has 0 atom stereocenters. The maximum Gasteiger partial charge on any atom is 0.251 e. The minimum atomic E-state index is -0.260. The molecule has 0 spiro atoms. The van der Waals surface area contributed by atoms with E-state index in [0.29, 0.717) is 41.8 Å². The van der Waals surface area contributed by atoms with Crippen LogP contribution in [0.3, 0.4) is 0 Å². The van der Waals surface area contributed by atoms with E-state index in [1.807, 2.05) is 0 Å². The van der Waals surface area contributed by atoms with E-state index in [4.69, 9.17) is 27.9 Å². The highest BCUT2D eigenvalue weighted by molar-refractivity contribution is 6.42. The Morgan fingerprint density at radius 1 is 1.24 bits per heavy atom. The molecule has 1 aromatic carbocycles. The summed E-state index contributed by atoms with van der Waals surface area (Å²) >= 11 is 11.7. The smallest absolute Gasteiger partial charge is 0.251 e. The number of carbonyl (C=O) groups is 2. The Morgan fingerprint density at radius 2 is 1.95 bits per heavy atom. The Balaban J connectivity index is 2.48. The summed E-state index contributed by atoms with van der Waals surface area (Å²) in [6.45, 7) is 3.21. The largest absolute Gasteiger partial charge is 0.383 e. The van der Waals surface area contributed by atoms with Crippen LogP contribution in [0.5, 0.6) is 0 Å². The average Bonchev–Trinajstić information content (AvgIpc) is 2.44. The molecule has 0 radical (unpaired) electrons. The van der Waals surface area contributed by atoms with Gasteiger partial charge in [-0.25, -0.2) is 0 Å². The van der Waals surface area contributed by atoms with Crippen LogP contribution in [0.25, 0.3) is 0 Å². The number of methoxy groups -OCH3 is 1. The highest BCUT2D eigenvalue weighted by Gasteiger charge is 2.10. The van der Waals surface area contributed by atoms with Gasteiger partial charge >= 0.3 is 0 Å². The Kier molecular flexibility index (Phi) is 7.50. The molecule has 0 fully saturated rings. The fraction of sp³-hybridized carbons (Fsp3) is 0.429. The molecule has 0 heterocycles. The van der Waals surface area contributed by atoms with Crippen molar-refractivity contribution in [3.05, 3.63) is 33.8 Å². The molecule has 0 unspecified atom stereocenters. The highest BCUT2D eigenvalue weighted by atomic mass is 35.5. The maximum absolute atomic E-state index is 11.9. The molecule has 0 saturated carbocycles. The second-order valence-corrected chi connectivity index (χ2v) is 5.20. The molecule has 1 N–H and O–H groups in total. The lowest BCUT2D eigenvalue weighted by molar-refractivity contribution is -0.129. The van der Waals surface area contributed by atoms with Gasteiger partial charge in [0.1, 0.15) is 0 Å². The van der Waals surface area contributed by atoms with Crippen molar-refractivity contribution in [2.75, 3.05) is 33.4 Å². The van der Waals surface area contributed by atoms with Crippen LogP contribution in [0, 0.1) is 0 Å². The van der Waals surface area contributed by atoms with E-state index >= 15 is 0 Å². The van der Waals surface area contributed by atoms with Gasteiger partial charge in [-0.2, -0.15) is 0 Å². The van der Waals surface area contributed by atoms with Crippen molar-refractivity contribution >= 4 is 35.0 Å². The van der Waals surface area contributed by atoms with Gasteiger partial charge in [0.15, 0.2) is 0 Å². The van der Waals surface area contributed by atoms with Gasteiger partial charge in [-0.1, -0.05) is 23.2 Å². The first kappa shape index (κ1) is 17.8. The highest BCUT2D eigenvalue weighted by Crippen LogP contribution is 2.22. The fourth-order valence-electron chi connectivity index (χ4n) is 1.67. The van der Waals surface area contributed by atoms with Gasteiger partial charge in [-0.05, 0) is 18.2 Å². The van der Waals surface area contributed by atoms with Crippen molar-refractivity contribution < 1.29 is 14.3 Å². The van der Waals surface area contributed by atoms with Gasteiger partial charge in [-0.15, -0.1) is 0 Å². The summed E-state index contributed by atoms with van der Waals surface area (Å²) in [5.41, 5.74) is 0.427. The number of carbonyl (C=O) groups excluding carboxylic acids is 2. The van der Waals surface area contributed by atoms with Crippen molar-refractivity contribution in [1.29, 1.82) is 0 Å². The van der Waals surface area contributed by atoms with Gasteiger partial charge < -0.3 is 15.0 Å². The first-order valence-corrected chi connectivity index (χ1v) is 7.19. The molecule has 1 rings (SSSR count). The predicted molar refractivity (Wildman–Crippen MR) is 82.9 cm³/mol. The summed E-state index contributed by atoms with van der Waals surface area (Å²) in [5, 5.41) is 3.46. The predicted octanol–water partition coefficient (Wildman–Crippen LogP) is 2.22. The minimum Gasteiger partial charge on any atom is -0.383 e. The molecule has 5 nitrogen and oxygen atoms in total. The Hall–Kier alpha value is -1.30. The summed E-state index contributed by atoms with van der Waals surface area (Å²) in [6.07, 6.45) is 0. The lowest BCUT2D eigenvalue weighted by Gasteiger charge is -2.20. The van der Waals surface area contributed by atoms with E-state index in [1.165, 1.54) is 13.0 Å². The Bertz CT molecular complexity index is 509. The fourth-order valence-corrected chi connectivity index (χ4v) is 1.97. The molecule has 0 bridgehead atoms. The van der Waals surface area contributed by atoms with E-state index in [-0.39, 0.29) is 11.8 Å². The minimum absolute atomic E-state index is 0.0594. The molecule has 0 aliphatic rings. The van der Waals surface area contributed by atoms with Crippen LogP contribution in [0.15, 0.2) is 18.2 Å². The third-order valence-electron chi connectivity index (χ3n) is 2.86. The van der Waals surface area contributed by atoms with Gasteiger partial charge in [0, 0.05) is 39.2 Å². The first-order chi connectivity index (χ1) is 9.95. The van der Waals surface area contributed by atoms with E-state index in [1.54, 1.807) is 24.1 Å². The van der Waals surface area contributed by atoms with Crippen LogP contribution < -0.4 is 5.32 Å². The monoisotopic (exact) mass is 332 g/mol. The molecule has 0 saturated heterocycles. The van der Waals surface area contributed by atoms with Crippen LogP contribution in [0.2, 0.25) is 10.0 Å².